The van der Waals surface area contributed by atoms with E-state index in [0.717, 1.165) is 18.8 Å². The van der Waals surface area contributed by atoms with Crippen molar-refractivity contribution in [3.05, 3.63) is 0 Å². The molecule has 4 heteroatoms. The third-order valence-corrected chi connectivity index (χ3v) is 3.29. The lowest BCUT2D eigenvalue weighted by Gasteiger charge is -2.30. The number of esters is 1. The Labute approximate surface area is 111 Å². The average Bonchev–Trinajstić information content (AvgIpc) is 2.20. The topological polar surface area (TPSA) is 52.3 Å². The number of nitrogens with two attached hydrogens (primary N) is 1. The van der Waals surface area contributed by atoms with Crippen molar-refractivity contribution in [2.24, 2.45) is 11.7 Å². The van der Waals surface area contributed by atoms with Gasteiger partial charge in [-0.05, 0) is 45.4 Å². The molecule has 17 heavy (non-hydrogen) atoms. The Morgan fingerprint density at radius 3 is 2.24 bits per heavy atom. The van der Waals surface area contributed by atoms with Crippen LogP contribution >= 0.6 is 12.4 Å². The number of ether oxygens (including phenoxy) is 1. The third kappa shape index (κ3) is 5.73. The summed E-state index contributed by atoms with van der Waals surface area (Å²) in [5.41, 5.74) is 4.84. The fourth-order valence-electron chi connectivity index (χ4n) is 2.25. The number of hydrogen-bond donors (Lipinski definition) is 1. The molecule has 0 amide bonds. The van der Waals surface area contributed by atoms with E-state index in [2.05, 4.69) is 6.92 Å². The van der Waals surface area contributed by atoms with E-state index in [0.29, 0.717) is 0 Å². The zero-order chi connectivity index (χ0) is 12.2. The number of hydrogen-bond acceptors (Lipinski definition) is 3. The molecule has 0 aliphatic heterocycles. The summed E-state index contributed by atoms with van der Waals surface area (Å²) in [6.45, 7) is 5.61. The molecule has 0 heterocycles. The minimum atomic E-state index is -0.861. The van der Waals surface area contributed by atoms with Crippen LogP contribution in [0.25, 0.3) is 0 Å². The predicted molar refractivity (Wildman–Crippen MR) is 72.3 cm³/mol. The highest BCUT2D eigenvalue weighted by atomic mass is 35.5. The van der Waals surface area contributed by atoms with E-state index in [-0.39, 0.29) is 24.5 Å². The van der Waals surface area contributed by atoms with Gasteiger partial charge in [0, 0.05) is 0 Å². The zero-order valence-corrected chi connectivity index (χ0v) is 12.0. The van der Waals surface area contributed by atoms with E-state index < -0.39 is 5.54 Å². The molecule has 1 saturated carbocycles. The van der Waals surface area contributed by atoms with Crippen LogP contribution in [0.5, 0.6) is 0 Å². The second kappa shape index (κ2) is 7.22. The zero-order valence-electron chi connectivity index (χ0n) is 11.2. The Hall–Kier alpha value is -0.280. The van der Waals surface area contributed by atoms with Crippen LogP contribution in [0.3, 0.4) is 0 Å². The van der Waals surface area contributed by atoms with E-state index in [1.54, 1.807) is 13.8 Å². The van der Waals surface area contributed by atoms with Crippen molar-refractivity contribution in [3.63, 3.8) is 0 Å². The van der Waals surface area contributed by atoms with Crippen LogP contribution in [-0.4, -0.2) is 17.6 Å². The van der Waals surface area contributed by atoms with Gasteiger partial charge in [0.2, 0.25) is 0 Å². The van der Waals surface area contributed by atoms with Gasteiger partial charge in [-0.25, -0.2) is 0 Å². The Kier molecular flexibility index (Phi) is 7.10. The maximum atomic E-state index is 11.6. The summed E-state index contributed by atoms with van der Waals surface area (Å²) in [5.74, 6) is 0.567. The van der Waals surface area contributed by atoms with E-state index in [4.69, 9.17) is 10.5 Å². The largest absolute Gasteiger partial charge is 0.461 e. The lowest BCUT2D eigenvalue weighted by Crippen LogP contribution is -2.44. The van der Waals surface area contributed by atoms with Gasteiger partial charge in [0.1, 0.15) is 11.6 Å². The standard InChI is InChI=1S/C13H25NO2.ClH/c1-4-5-10-6-8-11(9-7-10)16-12(15)13(2,3)14;/h10-11H,4-9,14H2,1-3H3;1H. The Bertz CT molecular complexity index is 230. The molecule has 0 aromatic carbocycles. The lowest BCUT2D eigenvalue weighted by atomic mass is 9.84. The molecule has 0 aromatic heterocycles. The molecule has 3 nitrogen and oxygen atoms in total. The van der Waals surface area contributed by atoms with Crippen molar-refractivity contribution in [3.8, 4) is 0 Å². The van der Waals surface area contributed by atoms with Crippen LogP contribution in [0, 0.1) is 5.92 Å². The quantitative estimate of drug-likeness (QED) is 0.793. The van der Waals surface area contributed by atoms with Crippen LogP contribution in [0.15, 0.2) is 0 Å². The molecule has 0 bridgehead atoms. The summed E-state index contributed by atoms with van der Waals surface area (Å²) in [7, 11) is 0. The van der Waals surface area contributed by atoms with Crippen molar-refractivity contribution < 1.29 is 9.53 Å². The minimum absolute atomic E-state index is 0. The van der Waals surface area contributed by atoms with E-state index >= 15 is 0 Å². The SMILES string of the molecule is CCCC1CCC(OC(=O)C(C)(C)N)CC1.Cl. The highest BCUT2D eigenvalue weighted by molar-refractivity contribution is 5.85. The first-order chi connectivity index (χ1) is 7.43. The van der Waals surface area contributed by atoms with Crippen molar-refractivity contribution in [1.29, 1.82) is 0 Å². The number of carbonyl (C=O) groups is 1. The van der Waals surface area contributed by atoms with Gasteiger partial charge in [0.15, 0.2) is 0 Å². The molecule has 0 atom stereocenters. The Balaban J connectivity index is 0.00000256. The molecular weight excluding hydrogens is 238 g/mol. The van der Waals surface area contributed by atoms with Gasteiger partial charge in [-0.15, -0.1) is 12.4 Å². The first-order valence-electron chi connectivity index (χ1n) is 6.43. The molecule has 0 unspecified atom stereocenters. The van der Waals surface area contributed by atoms with E-state index in [9.17, 15) is 4.79 Å². The van der Waals surface area contributed by atoms with Gasteiger partial charge in [-0.2, -0.15) is 0 Å². The summed E-state index contributed by atoms with van der Waals surface area (Å²) >= 11 is 0. The summed E-state index contributed by atoms with van der Waals surface area (Å²) in [6.07, 6.45) is 7.06. The van der Waals surface area contributed by atoms with Crippen molar-refractivity contribution in [1.82, 2.24) is 0 Å². The van der Waals surface area contributed by atoms with Gasteiger partial charge in [-0.3, -0.25) is 4.79 Å². The first kappa shape index (κ1) is 16.7. The second-order valence-electron chi connectivity index (χ2n) is 5.56. The highest BCUT2D eigenvalue weighted by Crippen LogP contribution is 2.29. The summed E-state index contributed by atoms with van der Waals surface area (Å²) in [6, 6.07) is 0. The molecule has 0 saturated heterocycles. The number of carbonyl (C=O) groups excluding carboxylic acids is 1. The smallest absolute Gasteiger partial charge is 0.325 e. The average molecular weight is 264 g/mol. The molecule has 1 aliphatic carbocycles. The molecule has 0 spiro atoms. The summed E-state index contributed by atoms with van der Waals surface area (Å²) < 4.78 is 5.42. The summed E-state index contributed by atoms with van der Waals surface area (Å²) in [4.78, 5) is 11.6. The molecular formula is C13H26ClNO2. The number of rotatable bonds is 4. The van der Waals surface area contributed by atoms with Crippen molar-refractivity contribution in [2.75, 3.05) is 0 Å². The lowest BCUT2D eigenvalue weighted by molar-refractivity contribution is -0.156. The van der Waals surface area contributed by atoms with E-state index in [1.165, 1.54) is 25.7 Å². The molecule has 1 rings (SSSR count). The monoisotopic (exact) mass is 263 g/mol. The molecule has 1 fully saturated rings. The molecule has 0 radical (unpaired) electrons. The third-order valence-electron chi connectivity index (χ3n) is 3.29. The van der Waals surface area contributed by atoms with E-state index in [1.807, 2.05) is 0 Å². The van der Waals surface area contributed by atoms with Gasteiger partial charge < -0.3 is 10.5 Å². The fourth-order valence-corrected chi connectivity index (χ4v) is 2.25. The number of halogens is 1. The Morgan fingerprint density at radius 1 is 1.29 bits per heavy atom. The normalized spacial score (nSPS) is 24.9. The van der Waals surface area contributed by atoms with Crippen LogP contribution in [0.1, 0.15) is 59.3 Å². The summed E-state index contributed by atoms with van der Waals surface area (Å²) in [5, 5.41) is 0. The molecule has 102 valence electrons. The van der Waals surface area contributed by atoms with Crippen LogP contribution in [0.4, 0.5) is 0 Å². The second-order valence-corrected chi connectivity index (χ2v) is 5.56. The fraction of sp³-hybridized carbons (Fsp3) is 0.923. The van der Waals surface area contributed by atoms with Crippen LogP contribution < -0.4 is 5.73 Å². The van der Waals surface area contributed by atoms with Gasteiger partial charge in [0.25, 0.3) is 0 Å². The minimum Gasteiger partial charge on any atom is -0.461 e. The molecule has 1 aliphatic rings. The highest BCUT2D eigenvalue weighted by Gasteiger charge is 2.29. The first-order valence-corrected chi connectivity index (χ1v) is 6.43. The predicted octanol–water partition coefficient (Wildman–Crippen LogP) is 3.05. The maximum Gasteiger partial charge on any atom is 0.325 e. The maximum absolute atomic E-state index is 11.6. The Morgan fingerprint density at radius 2 is 1.82 bits per heavy atom. The van der Waals surface area contributed by atoms with Crippen LogP contribution in [-0.2, 0) is 9.53 Å². The van der Waals surface area contributed by atoms with Crippen molar-refractivity contribution in [2.45, 2.75) is 70.9 Å². The van der Waals surface area contributed by atoms with Crippen molar-refractivity contribution >= 4 is 18.4 Å². The van der Waals surface area contributed by atoms with Gasteiger partial charge in [0.05, 0.1) is 0 Å². The molecule has 2 N–H and O–H groups in total. The van der Waals surface area contributed by atoms with Gasteiger partial charge >= 0.3 is 5.97 Å². The molecule has 0 aromatic rings. The van der Waals surface area contributed by atoms with Crippen LogP contribution in [0.2, 0.25) is 0 Å². The van der Waals surface area contributed by atoms with Gasteiger partial charge in [-0.1, -0.05) is 19.8 Å².